The second kappa shape index (κ2) is 55.5. The largest absolute Gasteiger partial charge is 0.462 e. The number of amides is 1. The van der Waals surface area contributed by atoms with Crippen LogP contribution in [0.1, 0.15) is 342 Å². The maximum absolute atomic E-state index is 13.3. The molecule has 0 aliphatic carbocycles. The van der Waals surface area contributed by atoms with E-state index in [4.69, 9.17) is 4.74 Å². The van der Waals surface area contributed by atoms with Crippen LogP contribution in [-0.4, -0.2) is 46.9 Å². The van der Waals surface area contributed by atoms with E-state index < -0.39 is 18.2 Å². The van der Waals surface area contributed by atoms with Crippen LogP contribution in [0.15, 0.2) is 12.2 Å². The molecule has 1 amide bonds. The predicted octanol–water partition coefficient (Wildman–Crippen LogP) is 18.9. The van der Waals surface area contributed by atoms with Crippen LogP contribution in [0.2, 0.25) is 0 Å². The van der Waals surface area contributed by atoms with E-state index in [-0.39, 0.29) is 24.9 Å². The average molecular weight is 947 g/mol. The molecular weight excluding hydrogens is 827 g/mol. The molecule has 3 unspecified atom stereocenters. The molecule has 398 valence electrons. The number of carbonyl (C=O) groups is 2. The van der Waals surface area contributed by atoms with E-state index in [0.29, 0.717) is 19.3 Å². The van der Waals surface area contributed by atoms with Gasteiger partial charge < -0.3 is 20.3 Å². The minimum atomic E-state index is -0.784. The summed E-state index contributed by atoms with van der Waals surface area (Å²) in [5.74, 6) is -0.453. The summed E-state index contributed by atoms with van der Waals surface area (Å²) >= 11 is 0. The minimum Gasteiger partial charge on any atom is -0.462 e. The van der Waals surface area contributed by atoms with Gasteiger partial charge in [0.2, 0.25) is 5.91 Å². The first-order valence-corrected chi connectivity index (χ1v) is 30.4. The number of allylic oxidation sites excluding steroid dienone is 2. The minimum absolute atomic E-state index is 0.0841. The van der Waals surface area contributed by atoms with Crippen molar-refractivity contribution in [2.45, 2.75) is 360 Å². The number of esters is 1. The highest BCUT2D eigenvalue weighted by Gasteiger charge is 2.24. The number of nitrogens with one attached hydrogen (secondary N) is 1. The zero-order chi connectivity index (χ0) is 48.8. The first kappa shape index (κ1) is 65.6. The molecule has 0 aromatic heterocycles. The van der Waals surface area contributed by atoms with Crippen LogP contribution >= 0.6 is 0 Å². The summed E-state index contributed by atoms with van der Waals surface area (Å²) in [6.07, 6.45) is 64.2. The number of hydrogen-bond acceptors (Lipinski definition) is 5. The molecule has 6 heteroatoms. The Hall–Kier alpha value is -1.40. The highest BCUT2D eigenvalue weighted by Crippen LogP contribution is 2.19. The Morgan fingerprint density at radius 2 is 0.716 bits per heavy atom. The molecule has 0 heterocycles. The number of unbranched alkanes of at least 4 members (excludes halogenated alkanes) is 42. The molecule has 0 spiro atoms. The molecule has 0 aliphatic rings. The Balaban J connectivity index is 4.47. The van der Waals surface area contributed by atoms with Crippen molar-refractivity contribution in [1.82, 2.24) is 5.32 Å². The van der Waals surface area contributed by atoms with Crippen molar-refractivity contribution < 1.29 is 24.5 Å². The third-order valence-electron chi connectivity index (χ3n) is 14.3. The molecule has 0 aromatic carbocycles. The second-order valence-corrected chi connectivity index (χ2v) is 21.1. The lowest BCUT2D eigenvalue weighted by Crippen LogP contribution is -2.46. The number of carbonyl (C=O) groups excluding carboxylic acids is 2. The molecule has 0 aromatic rings. The monoisotopic (exact) mass is 946 g/mol. The molecule has 67 heavy (non-hydrogen) atoms. The van der Waals surface area contributed by atoms with E-state index in [0.717, 1.165) is 44.9 Å². The fourth-order valence-corrected chi connectivity index (χ4v) is 9.72. The van der Waals surface area contributed by atoms with Crippen molar-refractivity contribution in [3.05, 3.63) is 12.2 Å². The van der Waals surface area contributed by atoms with Gasteiger partial charge in [-0.25, -0.2) is 0 Å². The molecule has 6 nitrogen and oxygen atoms in total. The van der Waals surface area contributed by atoms with Gasteiger partial charge in [0.05, 0.1) is 25.2 Å². The van der Waals surface area contributed by atoms with Gasteiger partial charge in [0.25, 0.3) is 0 Å². The van der Waals surface area contributed by atoms with Crippen LogP contribution in [0.3, 0.4) is 0 Å². The zero-order valence-corrected chi connectivity index (χ0v) is 45.6. The standard InChI is InChI=1S/C61H119NO5/c1-4-7-10-13-16-19-22-25-28-30-32-35-38-41-44-47-50-53-59(64)58(56-63)62-60(65)55-57(52-49-46-43-40-37-34-27-24-21-18-15-12-9-6-3)67-61(66)54-51-48-45-42-39-36-33-31-29-26-23-20-17-14-11-8-5-2/h26,29,57-59,63-64H,4-25,27-28,30-56H2,1-3H3,(H,62,65)/b29-26+. The molecule has 3 atom stereocenters. The molecule has 0 saturated heterocycles. The second-order valence-electron chi connectivity index (χ2n) is 21.1. The molecule has 0 bridgehead atoms. The van der Waals surface area contributed by atoms with Crippen LogP contribution in [-0.2, 0) is 14.3 Å². The highest BCUT2D eigenvalue weighted by molar-refractivity contribution is 5.77. The Morgan fingerprint density at radius 1 is 0.418 bits per heavy atom. The first-order valence-electron chi connectivity index (χ1n) is 30.4. The smallest absolute Gasteiger partial charge is 0.306 e. The molecule has 0 radical (unpaired) electrons. The zero-order valence-electron chi connectivity index (χ0n) is 45.6. The van der Waals surface area contributed by atoms with Gasteiger partial charge in [-0.3, -0.25) is 9.59 Å². The summed E-state index contributed by atoms with van der Waals surface area (Å²) in [5, 5.41) is 23.9. The van der Waals surface area contributed by atoms with Gasteiger partial charge >= 0.3 is 5.97 Å². The maximum Gasteiger partial charge on any atom is 0.306 e. The van der Waals surface area contributed by atoms with E-state index in [1.165, 1.54) is 250 Å². The van der Waals surface area contributed by atoms with Gasteiger partial charge in [-0.2, -0.15) is 0 Å². The lowest BCUT2D eigenvalue weighted by Gasteiger charge is -2.24. The Kier molecular flexibility index (Phi) is 54.4. The maximum atomic E-state index is 13.3. The molecule has 0 rings (SSSR count). The summed E-state index contributed by atoms with van der Waals surface area (Å²) in [4.78, 5) is 26.3. The summed E-state index contributed by atoms with van der Waals surface area (Å²) in [5.41, 5.74) is 0. The Bertz CT molecular complexity index is 1020. The Morgan fingerprint density at radius 3 is 1.06 bits per heavy atom. The number of rotatable bonds is 56. The van der Waals surface area contributed by atoms with Crippen LogP contribution < -0.4 is 5.32 Å². The lowest BCUT2D eigenvalue weighted by molar-refractivity contribution is -0.151. The first-order chi connectivity index (χ1) is 33.0. The van der Waals surface area contributed by atoms with Crippen molar-refractivity contribution in [3.8, 4) is 0 Å². The topological polar surface area (TPSA) is 95.9 Å². The fraction of sp³-hybridized carbons (Fsp3) is 0.934. The Labute approximate surface area is 419 Å². The van der Waals surface area contributed by atoms with Crippen LogP contribution in [0.5, 0.6) is 0 Å². The van der Waals surface area contributed by atoms with Gasteiger partial charge in [0.1, 0.15) is 6.10 Å². The van der Waals surface area contributed by atoms with Gasteiger partial charge in [-0.05, 0) is 51.4 Å². The summed E-state index contributed by atoms with van der Waals surface area (Å²) in [6.45, 7) is 6.53. The number of aliphatic hydroxyl groups excluding tert-OH is 2. The highest BCUT2D eigenvalue weighted by atomic mass is 16.5. The lowest BCUT2D eigenvalue weighted by atomic mass is 10.0. The van der Waals surface area contributed by atoms with Crippen LogP contribution in [0.25, 0.3) is 0 Å². The third-order valence-corrected chi connectivity index (χ3v) is 14.3. The van der Waals surface area contributed by atoms with Crippen LogP contribution in [0.4, 0.5) is 0 Å². The molecule has 3 N–H and O–H groups in total. The predicted molar refractivity (Wildman–Crippen MR) is 292 cm³/mol. The van der Waals surface area contributed by atoms with E-state index in [1.54, 1.807) is 0 Å². The van der Waals surface area contributed by atoms with Gasteiger partial charge in [-0.1, -0.05) is 290 Å². The van der Waals surface area contributed by atoms with E-state index >= 15 is 0 Å². The number of aliphatic hydroxyl groups is 2. The van der Waals surface area contributed by atoms with Crippen molar-refractivity contribution in [2.24, 2.45) is 0 Å². The van der Waals surface area contributed by atoms with Crippen molar-refractivity contribution in [2.75, 3.05) is 6.61 Å². The fourth-order valence-electron chi connectivity index (χ4n) is 9.72. The normalized spacial score (nSPS) is 13.1. The van der Waals surface area contributed by atoms with E-state index in [2.05, 4.69) is 38.2 Å². The number of hydrogen-bond donors (Lipinski definition) is 3. The summed E-state index contributed by atoms with van der Waals surface area (Å²) in [6, 6.07) is -0.697. The number of ether oxygens (including phenoxy) is 1. The van der Waals surface area contributed by atoms with Crippen molar-refractivity contribution in [3.63, 3.8) is 0 Å². The summed E-state index contributed by atoms with van der Waals surface area (Å²) < 4.78 is 5.97. The molecule has 0 saturated carbocycles. The summed E-state index contributed by atoms with van der Waals surface area (Å²) in [7, 11) is 0. The SMILES string of the molecule is CCCCCCCC/C=C/CCCCCCCCCC(=O)OC(CCCCCCCCCCCCCCCC)CC(=O)NC(CO)C(O)CCCCCCCCCCCCCCCCCCC. The molecule has 0 aliphatic heterocycles. The van der Waals surface area contributed by atoms with Crippen molar-refractivity contribution >= 4 is 11.9 Å². The van der Waals surface area contributed by atoms with Gasteiger partial charge in [0.15, 0.2) is 0 Å². The quantitative estimate of drug-likeness (QED) is 0.0321. The average Bonchev–Trinajstić information content (AvgIpc) is 3.32. The van der Waals surface area contributed by atoms with E-state index in [9.17, 15) is 19.8 Å². The van der Waals surface area contributed by atoms with Gasteiger partial charge in [0, 0.05) is 6.42 Å². The molecular formula is C61H119NO5. The van der Waals surface area contributed by atoms with Crippen LogP contribution in [0, 0.1) is 0 Å². The molecule has 0 fully saturated rings. The third kappa shape index (κ3) is 50.8. The van der Waals surface area contributed by atoms with E-state index in [1.807, 2.05) is 0 Å². The van der Waals surface area contributed by atoms with Crippen molar-refractivity contribution in [1.29, 1.82) is 0 Å². The van der Waals surface area contributed by atoms with Gasteiger partial charge in [-0.15, -0.1) is 0 Å².